The van der Waals surface area contributed by atoms with Crippen LogP contribution in [0.15, 0.2) is 30.3 Å². The highest BCUT2D eigenvalue weighted by Crippen LogP contribution is 2.09. The molecule has 4 heteroatoms. The fourth-order valence-electron chi connectivity index (χ4n) is 1.88. The van der Waals surface area contributed by atoms with E-state index in [1.165, 1.54) is 0 Å². The van der Waals surface area contributed by atoms with Gasteiger partial charge >= 0.3 is 6.09 Å². The molecule has 4 nitrogen and oxygen atoms in total. The maximum atomic E-state index is 11.8. The van der Waals surface area contributed by atoms with Crippen LogP contribution >= 0.6 is 0 Å². The highest BCUT2D eigenvalue weighted by molar-refractivity contribution is 5.70. The van der Waals surface area contributed by atoms with Gasteiger partial charge < -0.3 is 10.1 Å². The first kappa shape index (κ1) is 14.5. The lowest BCUT2D eigenvalue weighted by molar-refractivity contribution is 0.151. The number of nitrogens with zero attached hydrogens (tertiary/aromatic N) is 1. The van der Waals surface area contributed by atoms with Crippen LogP contribution in [0.25, 0.3) is 0 Å². The molecule has 0 bridgehead atoms. The van der Waals surface area contributed by atoms with E-state index in [0.717, 1.165) is 19.5 Å². The van der Waals surface area contributed by atoms with E-state index in [9.17, 15) is 4.79 Å². The number of hydrogen-bond donors (Lipinski definition) is 1. The van der Waals surface area contributed by atoms with Gasteiger partial charge in [-0.25, -0.2) is 4.79 Å². The summed E-state index contributed by atoms with van der Waals surface area (Å²) >= 11 is 0. The minimum absolute atomic E-state index is 0.0243. The molecule has 0 heterocycles. The van der Waals surface area contributed by atoms with E-state index in [0.29, 0.717) is 5.75 Å². The van der Waals surface area contributed by atoms with E-state index in [4.69, 9.17) is 4.74 Å². The third kappa shape index (κ3) is 4.37. The molecule has 0 aliphatic rings. The lowest BCUT2D eigenvalue weighted by Crippen LogP contribution is -2.48. The molecule has 1 aromatic rings. The van der Waals surface area contributed by atoms with Gasteiger partial charge in [0.25, 0.3) is 0 Å². The molecule has 18 heavy (non-hydrogen) atoms. The second-order valence-corrected chi connectivity index (χ2v) is 3.99. The van der Waals surface area contributed by atoms with Crippen LogP contribution in [0.3, 0.4) is 0 Å². The molecule has 1 aromatic carbocycles. The van der Waals surface area contributed by atoms with Crippen LogP contribution in [-0.4, -0.2) is 30.2 Å². The Balaban J connectivity index is 2.52. The van der Waals surface area contributed by atoms with Gasteiger partial charge in [-0.2, -0.15) is 0 Å². The van der Waals surface area contributed by atoms with Gasteiger partial charge in [0.15, 0.2) is 0 Å². The molecule has 1 N–H and O–H groups in total. The number of carbonyl (C=O) groups is 1. The summed E-state index contributed by atoms with van der Waals surface area (Å²) in [6, 6.07) is 9.08. The Labute approximate surface area is 109 Å². The Hall–Kier alpha value is -1.55. The first-order valence-electron chi connectivity index (χ1n) is 6.48. The number of ether oxygens (including phenoxy) is 1. The van der Waals surface area contributed by atoms with E-state index in [1.807, 2.05) is 25.1 Å². The Kier molecular flexibility index (Phi) is 6.22. The average Bonchev–Trinajstić information content (AvgIpc) is 2.40. The van der Waals surface area contributed by atoms with Gasteiger partial charge in [-0.15, -0.1) is 0 Å². The topological polar surface area (TPSA) is 41.6 Å². The third-order valence-corrected chi connectivity index (χ3v) is 2.88. The summed E-state index contributed by atoms with van der Waals surface area (Å²) in [5, 5.41) is 2.88. The molecule has 0 spiro atoms. The molecule has 0 fully saturated rings. The van der Waals surface area contributed by atoms with E-state index >= 15 is 0 Å². The zero-order valence-corrected chi connectivity index (χ0v) is 11.3. The molecule has 1 rings (SSSR count). The van der Waals surface area contributed by atoms with E-state index in [1.54, 1.807) is 12.1 Å². The first-order chi connectivity index (χ1) is 8.71. The minimum Gasteiger partial charge on any atom is -0.410 e. The SMILES string of the molecule is CCC(NC(=O)Oc1ccccc1)N(CC)CC. The van der Waals surface area contributed by atoms with Crippen molar-refractivity contribution < 1.29 is 9.53 Å². The van der Waals surface area contributed by atoms with Crippen LogP contribution in [0.1, 0.15) is 27.2 Å². The smallest absolute Gasteiger partial charge is 0.410 e. The van der Waals surface area contributed by atoms with Crippen LogP contribution in [-0.2, 0) is 0 Å². The molecular weight excluding hydrogens is 228 g/mol. The molecule has 0 aromatic heterocycles. The molecule has 100 valence electrons. The maximum absolute atomic E-state index is 11.8. The number of amides is 1. The van der Waals surface area contributed by atoms with Crippen molar-refractivity contribution in [3.8, 4) is 5.75 Å². The molecule has 0 radical (unpaired) electrons. The van der Waals surface area contributed by atoms with E-state index in [2.05, 4.69) is 24.1 Å². The summed E-state index contributed by atoms with van der Waals surface area (Å²) in [4.78, 5) is 13.9. The fraction of sp³-hybridized carbons (Fsp3) is 0.500. The Morgan fingerprint density at radius 3 is 2.33 bits per heavy atom. The summed E-state index contributed by atoms with van der Waals surface area (Å²) in [5.74, 6) is 0.560. The molecule has 0 aliphatic carbocycles. The lowest BCUT2D eigenvalue weighted by Gasteiger charge is -2.28. The van der Waals surface area contributed by atoms with Gasteiger partial charge in [-0.3, -0.25) is 4.90 Å². The van der Waals surface area contributed by atoms with Gasteiger partial charge in [-0.1, -0.05) is 39.0 Å². The first-order valence-corrected chi connectivity index (χ1v) is 6.48. The van der Waals surface area contributed by atoms with Gasteiger partial charge in [0.1, 0.15) is 5.75 Å². The number of hydrogen-bond acceptors (Lipinski definition) is 3. The van der Waals surface area contributed by atoms with Crippen molar-refractivity contribution >= 4 is 6.09 Å². The second-order valence-electron chi connectivity index (χ2n) is 3.99. The van der Waals surface area contributed by atoms with Crippen molar-refractivity contribution in [2.24, 2.45) is 0 Å². The van der Waals surface area contributed by atoms with E-state index in [-0.39, 0.29) is 6.17 Å². The highest BCUT2D eigenvalue weighted by Gasteiger charge is 2.16. The minimum atomic E-state index is -0.403. The number of para-hydroxylation sites is 1. The Morgan fingerprint density at radius 1 is 1.22 bits per heavy atom. The van der Waals surface area contributed by atoms with Crippen LogP contribution < -0.4 is 10.1 Å². The van der Waals surface area contributed by atoms with Gasteiger partial charge in [-0.05, 0) is 31.6 Å². The van der Waals surface area contributed by atoms with E-state index < -0.39 is 6.09 Å². The Morgan fingerprint density at radius 2 is 1.83 bits per heavy atom. The van der Waals surface area contributed by atoms with Gasteiger partial charge in [0.2, 0.25) is 0 Å². The van der Waals surface area contributed by atoms with Crippen molar-refractivity contribution in [1.82, 2.24) is 10.2 Å². The van der Waals surface area contributed by atoms with Crippen LogP contribution in [0.2, 0.25) is 0 Å². The summed E-state index contributed by atoms with van der Waals surface area (Å²) in [6.07, 6.45) is 0.474. The maximum Gasteiger partial charge on any atom is 0.413 e. The molecular formula is C14H22N2O2. The number of benzene rings is 1. The normalized spacial score (nSPS) is 12.2. The summed E-state index contributed by atoms with van der Waals surface area (Å²) in [6.45, 7) is 8.01. The standard InChI is InChI=1S/C14H22N2O2/c1-4-13(16(5-2)6-3)15-14(17)18-12-10-8-7-9-11-12/h7-11,13H,4-6H2,1-3H3,(H,15,17). The predicted molar refractivity (Wildman–Crippen MR) is 72.6 cm³/mol. The average molecular weight is 250 g/mol. The number of rotatable bonds is 6. The fourth-order valence-corrected chi connectivity index (χ4v) is 1.88. The van der Waals surface area contributed by atoms with Gasteiger partial charge in [0.05, 0.1) is 6.17 Å². The van der Waals surface area contributed by atoms with Gasteiger partial charge in [0, 0.05) is 0 Å². The molecule has 0 saturated heterocycles. The highest BCUT2D eigenvalue weighted by atomic mass is 16.6. The predicted octanol–water partition coefficient (Wildman–Crippen LogP) is 2.85. The molecule has 1 atom stereocenters. The Bertz CT molecular complexity index is 350. The number of nitrogens with one attached hydrogen (secondary N) is 1. The van der Waals surface area contributed by atoms with Crippen LogP contribution in [0.4, 0.5) is 4.79 Å². The summed E-state index contributed by atoms with van der Waals surface area (Å²) in [7, 11) is 0. The summed E-state index contributed by atoms with van der Waals surface area (Å²) < 4.78 is 5.21. The molecule has 0 aliphatic heterocycles. The van der Waals surface area contributed by atoms with Crippen LogP contribution in [0.5, 0.6) is 5.75 Å². The zero-order valence-electron chi connectivity index (χ0n) is 11.3. The summed E-state index contributed by atoms with van der Waals surface area (Å²) in [5.41, 5.74) is 0. The second kappa shape index (κ2) is 7.71. The molecule has 1 unspecified atom stereocenters. The van der Waals surface area contributed by atoms with Crippen LogP contribution in [0, 0.1) is 0 Å². The van der Waals surface area contributed by atoms with Crippen molar-refractivity contribution in [3.63, 3.8) is 0 Å². The molecule has 1 amide bonds. The number of carbonyl (C=O) groups excluding carboxylic acids is 1. The van der Waals surface area contributed by atoms with Crippen molar-refractivity contribution in [2.75, 3.05) is 13.1 Å². The van der Waals surface area contributed by atoms with Crippen molar-refractivity contribution in [3.05, 3.63) is 30.3 Å². The quantitative estimate of drug-likeness (QED) is 0.789. The largest absolute Gasteiger partial charge is 0.413 e. The lowest BCUT2D eigenvalue weighted by atomic mass is 10.3. The third-order valence-electron chi connectivity index (χ3n) is 2.88. The van der Waals surface area contributed by atoms with Crippen molar-refractivity contribution in [1.29, 1.82) is 0 Å². The zero-order chi connectivity index (χ0) is 13.4. The van der Waals surface area contributed by atoms with Crippen molar-refractivity contribution in [2.45, 2.75) is 33.4 Å². The molecule has 0 saturated carbocycles. The monoisotopic (exact) mass is 250 g/mol.